The van der Waals surface area contributed by atoms with Gasteiger partial charge in [0, 0.05) is 16.3 Å². The molecule has 2 N–H and O–H groups in total. The van der Waals surface area contributed by atoms with Gasteiger partial charge in [0.2, 0.25) is 5.91 Å². The van der Waals surface area contributed by atoms with Crippen LogP contribution in [-0.4, -0.2) is 38.9 Å². The monoisotopic (exact) mass is 535 g/mol. The van der Waals surface area contributed by atoms with E-state index in [0.717, 1.165) is 17.0 Å². The topological polar surface area (TPSA) is 98.1 Å². The number of hydrogen-bond donors (Lipinski definition) is 2. The molecule has 0 saturated carbocycles. The maximum absolute atomic E-state index is 12.7. The number of carbonyl (C=O) groups is 2. The summed E-state index contributed by atoms with van der Waals surface area (Å²) >= 11 is 7.47. The third-order valence-corrected chi connectivity index (χ3v) is 6.40. The molecule has 0 aliphatic heterocycles. The molecule has 2 amide bonds. The van der Waals surface area contributed by atoms with Gasteiger partial charge < -0.3 is 15.4 Å². The Labute approximate surface area is 224 Å². The highest BCUT2D eigenvalue weighted by atomic mass is 35.5. The molecule has 1 heterocycles. The molecule has 37 heavy (non-hydrogen) atoms. The van der Waals surface area contributed by atoms with Gasteiger partial charge in [-0.25, -0.2) is 0 Å². The Morgan fingerprint density at radius 3 is 2.54 bits per heavy atom. The van der Waals surface area contributed by atoms with Crippen molar-refractivity contribution in [3.8, 4) is 11.4 Å². The molecule has 0 aliphatic rings. The normalized spacial score (nSPS) is 10.7. The van der Waals surface area contributed by atoms with Crippen LogP contribution in [0.15, 0.2) is 78.0 Å². The zero-order valence-electron chi connectivity index (χ0n) is 20.4. The van der Waals surface area contributed by atoms with Crippen LogP contribution in [0.3, 0.4) is 0 Å². The fourth-order valence-corrected chi connectivity index (χ4v) is 4.51. The SMILES string of the molecule is CCOc1ccc(NC(=O)CSc2nnc(CNC(=O)c3cccc(C)c3)n2-c2cccc(Cl)c2)cc1. The van der Waals surface area contributed by atoms with Crippen molar-refractivity contribution in [1.82, 2.24) is 20.1 Å². The highest BCUT2D eigenvalue weighted by Gasteiger charge is 2.17. The second-order valence-corrected chi connectivity index (χ2v) is 9.44. The van der Waals surface area contributed by atoms with E-state index in [9.17, 15) is 9.59 Å². The summed E-state index contributed by atoms with van der Waals surface area (Å²) in [6, 6.07) is 21.8. The number of carbonyl (C=O) groups excluding carboxylic acids is 2. The second kappa shape index (κ2) is 12.4. The molecule has 0 radical (unpaired) electrons. The summed E-state index contributed by atoms with van der Waals surface area (Å²) in [6.07, 6.45) is 0. The van der Waals surface area contributed by atoms with E-state index in [1.807, 2.05) is 44.2 Å². The van der Waals surface area contributed by atoms with Crippen LogP contribution in [0.2, 0.25) is 5.02 Å². The third-order valence-electron chi connectivity index (χ3n) is 5.24. The number of aromatic nitrogens is 3. The van der Waals surface area contributed by atoms with Crippen molar-refractivity contribution in [3.63, 3.8) is 0 Å². The minimum absolute atomic E-state index is 0.113. The van der Waals surface area contributed by atoms with E-state index in [1.54, 1.807) is 47.0 Å². The van der Waals surface area contributed by atoms with Gasteiger partial charge in [-0.2, -0.15) is 0 Å². The number of halogens is 1. The number of nitrogens with zero attached hydrogens (tertiary/aromatic N) is 3. The first kappa shape index (κ1) is 26.2. The van der Waals surface area contributed by atoms with Crippen molar-refractivity contribution in [2.24, 2.45) is 0 Å². The Kier molecular flexibility index (Phi) is 8.81. The zero-order chi connectivity index (χ0) is 26.2. The van der Waals surface area contributed by atoms with E-state index in [0.29, 0.717) is 33.9 Å². The molecule has 0 unspecified atom stereocenters. The van der Waals surface area contributed by atoms with E-state index in [1.165, 1.54) is 11.8 Å². The van der Waals surface area contributed by atoms with Gasteiger partial charge in [-0.3, -0.25) is 14.2 Å². The lowest BCUT2D eigenvalue weighted by molar-refractivity contribution is -0.113. The molecule has 0 atom stereocenters. The highest BCUT2D eigenvalue weighted by molar-refractivity contribution is 7.99. The molecule has 1 aromatic heterocycles. The van der Waals surface area contributed by atoms with Crippen molar-refractivity contribution in [2.75, 3.05) is 17.7 Å². The van der Waals surface area contributed by atoms with E-state index in [-0.39, 0.29) is 24.1 Å². The van der Waals surface area contributed by atoms with Crippen LogP contribution in [0.1, 0.15) is 28.7 Å². The van der Waals surface area contributed by atoms with Crippen molar-refractivity contribution in [2.45, 2.75) is 25.5 Å². The highest BCUT2D eigenvalue weighted by Crippen LogP contribution is 2.25. The van der Waals surface area contributed by atoms with Crippen molar-refractivity contribution in [3.05, 3.63) is 94.8 Å². The fraction of sp³-hybridized carbons (Fsp3) is 0.185. The zero-order valence-corrected chi connectivity index (χ0v) is 22.0. The molecular weight excluding hydrogens is 510 g/mol. The van der Waals surface area contributed by atoms with Gasteiger partial charge in [-0.1, -0.05) is 47.1 Å². The molecular formula is C27H26ClN5O3S. The van der Waals surface area contributed by atoms with E-state index in [4.69, 9.17) is 16.3 Å². The van der Waals surface area contributed by atoms with Gasteiger partial charge in [-0.05, 0) is 68.4 Å². The Morgan fingerprint density at radius 2 is 1.81 bits per heavy atom. The summed E-state index contributed by atoms with van der Waals surface area (Å²) in [6.45, 7) is 4.57. The number of aryl methyl sites for hydroxylation is 1. The summed E-state index contributed by atoms with van der Waals surface area (Å²) in [5.41, 5.74) is 2.96. The van der Waals surface area contributed by atoms with Crippen LogP contribution in [0.25, 0.3) is 5.69 Å². The van der Waals surface area contributed by atoms with E-state index < -0.39 is 0 Å². The Morgan fingerprint density at radius 1 is 1.03 bits per heavy atom. The van der Waals surface area contributed by atoms with Gasteiger partial charge in [0.25, 0.3) is 5.91 Å². The number of thioether (sulfide) groups is 1. The van der Waals surface area contributed by atoms with E-state index >= 15 is 0 Å². The summed E-state index contributed by atoms with van der Waals surface area (Å²) < 4.78 is 7.22. The van der Waals surface area contributed by atoms with Crippen LogP contribution in [-0.2, 0) is 11.3 Å². The van der Waals surface area contributed by atoms with Gasteiger partial charge in [0.1, 0.15) is 5.75 Å². The number of hydrogen-bond acceptors (Lipinski definition) is 6. The number of amides is 2. The molecule has 8 nitrogen and oxygen atoms in total. The van der Waals surface area contributed by atoms with Crippen molar-refractivity contribution in [1.29, 1.82) is 0 Å². The standard InChI is InChI=1S/C27H26ClN5O3S/c1-3-36-23-12-10-21(11-13-23)30-25(34)17-37-27-32-31-24(33(27)22-9-5-8-20(28)15-22)16-29-26(35)19-7-4-6-18(2)14-19/h4-15H,3,16-17H2,1-2H3,(H,29,35)(H,30,34). The van der Waals surface area contributed by atoms with Crippen LogP contribution in [0, 0.1) is 6.92 Å². The molecule has 0 bridgehead atoms. The summed E-state index contributed by atoms with van der Waals surface area (Å²) in [5.74, 6) is 0.961. The summed E-state index contributed by atoms with van der Waals surface area (Å²) in [7, 11) is 0. The Balaban J connectivity index is 1.47. The predicted molar refractivity (Wildman–Crippen MR) is 146 cm³/mol. The number of ether oxygens (including phenoxy) is 1. The Bertz CT molecular complexity index is 1390. The summed E-state index contributed by atoms with van der Waals surface area (Å²) in [4.78, 5) is 25.3. The lowest BCUT2D eigenvalue weighted by atomic mass is 10.1. The molecule has 4 aromatic rings. The first-order chi connectivity index (χ1) is 17.9. The maximum Gasteiger partial charge on any atom is 0.251 e. The Hall–Kier alpha value is -3.82. The molecule has 0 saturated heterocycles. The van der Waals surface area contributed by atoms with Crippen LogP contribution in [0.4, 0.5) is 5.69 Å². The smallest absolute Gasteiger partial charge is 0.251 e. The molecule has 190 valence electrons. The number of anilines is 1. The van der Waals surface area contributed by atoms with Crippen molar-refractivity contribution < 1.29 is 14.3 Å². The van der Waals surface area contributed by atoms with Crippen LogP contribution in [0.5, 0.6) is 5.75 Å². The van der Waals surface area contributed by atoms with Gasteiger partial charge >= 0.3 is 0 Å². The molecule has 0 spiro atoms. The van der Waals surface area contributed by atoms with E-state index in [2.05, 4.69) is 20.8 Å². The molecule has 0 fully saturated rings. The minimum atomic E-state index is -0.215. The average molecular weight is 536 g/mol. The fourth-order valence-electron chi connectivity index (χ4n) is 3.56. The minimum Gasteiger partial charge on any atom is -0.494 e. The van der Waals surface area contributed by atoms with Gasteiger partial charge in [0.15, 0.2) is 11.0 Å². The van der Waals surface area contributed by atoms with Gasteiger partial charge in [0.05, 0.1) is 24.6 Å². The lowest BCUT2D eigenvalue weighted by Gasteiger charge is -2.12. The molecule has 4 rings (SSSR count). The molecule has 3 aromatic carbocycles. The largest absolute Gasteiger partial charge is 0.494 e. The van der Waals surface area contributed by atoms with Crippen molar-refractivity contribution >= 4 is 40.9 Å². The molecule has 0 aliphatic carbocycles. The number of rotatable bonds is 10. The number of nitrogens with one attached hydrogen (secondary N) is 2. The second-order valence-electron chi connectivity index (χ2n) is 8.06. The quantitative estimate of drug-likeness (QED) is 0.268. The number of benzene rings is 3. The molecule has 10 heteroatoms. The first-order valence-electron chi connectivity index (χ1n) is 11.6. The van der Waals surface area contributed by atoms with Crippen LogP contribution >= 0.6 is 23.4 Å². The third kappa shape index (κ3) is 7.12. The predicted octanol–water partition coefficient (Wildman–Crippen LogP) is 5.29. The van der Waals surface area contributed by atoms with Crippen LogP contribution < -0.4 is 15.4 Å². The first-order valence-corrected chi connectivity index (χ1v) is 13.0. The average Bonchev–Trinajstić information content (AvgIpc) is 3.30. The lowest BCUT2D eigenvalue weighted by Crippen LogP contribution is -2.24. The summed E-state index contributed by atoms with van der Waals surface area (Å²) in [5, 5.41) is 15.4. The maximum atomic E-state index is 12.7. The van der Waals surface area contributed by atoms with Gasteiger partial charge in [-0.15, -0.1) is 10.2 Å².